The molecule has 1 heterocycles. The molecule has 7 nitrogen and oxygen atoms in total. The Hall–Kier alpha value is -2.94. The minimum Gasteiger partial charge on any atom is -0.456 e. The van der Waals surface area contributed by atoms with E-state index >= 15 is 0 Å². The average molecular weight is 607 g/mol. The Kier molecular flexibility index (Phi) is 8.94. The van der Waals surface area contributed by atoms with E-state index in [4.69, 9.17) is 9.72 Å². The van der Waals surface area contributed by atoms with Crippen LogP contribution in [0.2, 0.25) is 0 Å². The molecule has 1 aromatic heterocycles. The van der Waals surface area contributed by atoms with E-state index in [0.29, 0.717) is 22.7 Å². The summed E-state index contributed by atoms with van der Waals surface area (Å²) < 4.78 is 34.3. The number of ether oxygens (including phenoxy) is 1. The van der Waals surface area contributed by atoms with Crippen molar-refractivity contribution in [2.24, 2.45) is 0 Å². The normalized spacial score (nSPS) is 16.3. The van der Waals surface area contributed by atoms with Crippen molar-refractivity contribution in [2.45, 2.75) is 116 Å². The zero-order valence-electron chi connectivity index (χ0n) is 26.3. The van der Waals surface area contributed by atoms with Crippen LogP contribution in [-0.4, -0.2) is 23.6 Å². The van der Waals surface area contributed by atoms with Gasteiger partial charge in [-0.15, -0.1) is 0 Å². The van der Waals surface area contributed by atoms with Gasteiger partial charge in [0.25, 0.3) is 0 Å². The predicted octanol–water partition coefficient (Wildman–Crippen LogP) is 7.48. The quantitative estimate of drug-likeness (QED) is 0.198. The monoisotopic (exact) mass is 606 g/mol. The smallest absolute Gasteiger partial charge is 0.222 e. The molecular formula is C35H46N2O5S. The van der Waals surface area contributed by atoms with Crippen LogP contribution in [0, 0.1) is 13.8 Å². The standard InChI is InChI=1S/C35H46N2O5S/c1-21-18-25(35(5,6)39)19-22(2)33(21)42-29-17-16-24(34(3,4)38)20-27(29)30-26-14-10-11-15-28(26)36-31(32(30)37-43(40)41)23-12-8-7-9-13-23/h16-20,23,38-39,43H,7-15H2,1-6H3,(H,37,40,41). The zero-order valence-corrected chi connectivity index (χ0v) is 27.2. The number of thiol groups is 1. The van der Waals surface area contributed by atoms with Gasteiger partial charge in [-0.3, -0.25) is 9.71 Å². The molecule has 2 aliphatic rings. The summed E-state index contributed by atoms with van der Waals surface area (Å²) in [5, 5.41) is 21.7. The highest BCUT2D eigenvalue weighted by Gasteiger charge is 2.31. The lowest BCUT2D eigenvalue weighted by atomic mass is 9.81. The molecule has 0 radical (unpaired) electrons. The molecule has 232 valence electrons. The first-order chi connectivity index (χ1) is 20.2. The second-order valence-electron chi connectivity index (χ2n) is 13.5. The molecule has 0 bridgehead atoms. The van der Waals surface area contributed by atoms with Crippen molar-refractivity contribution >= 4 is 16.6 Å². The molecule has 0 aliphatic heterocycles. The number of aliphatic hydroxyl groups is 2. The SMILES string of the molecule is Cc1cc(C(C)(C)O)cc(C)c1Oc1ccc(C(C)(C)O)cc1-c1c2c(nc(C3CCCCC3)c1N[SH](=O)=O)CCCC2. The van der Waals surface area contributed by atoms with Crippen molar-refractivity contribution in [1.82, 2.24) is 4.98 Å². The number of aryl methyl sites for hydroxylation is 3. The van der Waals surface area contributed by atoms with E-state index in [-0.39, 0.29) is 5.92 Å². The van der Waals surface area contributed by atoms with Crippen molar-refractivity contribution in [3.63, 3.8) is 0 Å². The van der Waals surface area contributed by atoms with Gasteiger partial charge in [-0.05, 0) is 132 Å². The number of hydrogen-bond donors (Lipinski definition) is 4. The summed E-state index contributed by atoms with van der Waals surface area (Å²) in [6.07, 6.45) is 9.03. The summed E-state index contributed by atoms with van der Waals surface area (Å²) in [6, 6.07) is 9.58. The molecule has 0 saturated heterocycles. The van der Waals surface area contributed by atoms with Gasteiger partial charge in [-0.2, -0.15) is 0 Å². The molecule has 5 rings (SSSR count). The molecule has 0 spiro atoms. The third-order valence-electron chi connectivity index (χ3n) is 9.03. The maximum absolute atomic E-state index is 12.4. The van der Waals surface area contributed by atoms with Gasteiger partial charge in [-0.25, -0.2) is 8.42 Å². The molecule has 1 saturated carbocycles. The summed E-state index contributed by atoms with van der Waals surface area (Å²) in [5.74, 6) is 1.44. The molecule has 8 heteroatoms. The molecule has 0 amide bonds. The number of aromatic nitrogens is 1. The highest BCUT2D eigenvalue weighted by atomic mass is 32.2. The number of fused-ring (bicyclic) bond motifs is 1. The third-order valence-corrected chi connectivity index (χ3v) is 9.44. The maximum Gasteiger partial charge on any atom is 0.222 e. The van der Waals surface area contributed by atoms with Crippen molar-refractivity contribution in [2.75, 3.05) is 4.72 Å². The molecule has 43 heavy (non-hydrogen) atoms. The lowest BCUT2D eigenvalue weighted by Gasteiger charge is -2.30. The Morgan fingerprint density at radius 2 is 1.49 bits per heavy atom. The Labute approximate surface area is 257 Å². The number of benzene rings is 2. The molecule has 2 aliphatic carbocycles. The lowest BCUT2D eigenvalue weighted by Crippen LogP contribution is -2.18. The second kappa shape index (κ2) is 12.2. The van der Waals surface area contributed by atoms with Gasteiger partial charge in [0.1, 0.15) is 11.5 Å². The van der Waals surface area contributed by atoms with Gasteiger partial charge in [0.05, 0.1) is 22.6 Å². The van der Waals surface area contributed by atoms with Crippen molar-refractivity contribution < 1.29 is 23.4 Å². The molecule has 2 aromatic carbocycles. The minimum absolute atomic E-state index is 0.179. The first kappa shape index (κ1) is 31.5. The Morgan fingerprint density at radius 1 is 0.860 bits per heavy atom. The molecule has 0 unspecified atom stereocenters. The van der Waals surface area contributed by atoms with Gasteiger partial charge in [0.15, 0.2) is 0 Å². The van der Waals surface area contributed by atoms with E-state index in [1.54, 1.807) is 27.7 Å². The van der Waals surface area contributed by atoms with Crippen LogP contribution < -0.4 is 9.46 Å². The fourth-order valence-corrected chi connectivity index (χ4v) is 7.11. The van der Waals surface area contributed by atoms with Crippen LogP contribution in [0.3, 0.4) is 0 Å². The third kappa shape index (κ3) is 6.76. The van der Waals surface area contributed by atoms with E-state index < -0.39 is 22.1 Å². The Balaban J connectivity index is 1.78. The van der Waals surface area contributed by atoms with Gasteiger partial charge in [-0.1, -0.05) is 25.3 Å². The fraction of sp³-hybridized carbons (Fsp3) is 0.514. The van der Waals surface area contributed by atoms with E-state index in [1.807, 2.05) is 44.2 Å². The number of pyridine rings is 1. The summed E-state index contributed by atoms with van der Waals surface area (Å²) in [5.41, 5.74) is 6.18. The van der Waals surface area contributed by atoms with Gasteiger partial charge in [0.2, 0.25) is 10.9 Å². The average Bonchev–Trinajstić information content (AvgIpc) is 2.94. The Morgan fingerprint density at radius 3 is 2.09 bits per heavy atom. The Bertz CT molecular complexity index is 1560. The molecule has 1 fully saturated rings. The molecule has 3 aromatic rings. The van der Waals surface area contributed by atoms with Crippen molar-refractivity contribution in [3.05, 3.63) is 69.5 Å². The summed E-state index contributed by atoms with van der Waals surface area (Å²) in [7, 11) is -2.95. The van der Waals surface area contributed by atoms with Crippen molar-refractivity contribution in [1.29, 1.82) is 0 Å². The van der Waals surface area contributed by atoms with E-state index in [2.05, 4.69) is 4.72 Å². The summed E-state index contributed by atoms with van der Waals surface area (Å²) in [6.45, 7) is 11.0. The first-order valence-electron chi connectivity index (χ1n) is 15.6. The van der Waals surface area contributed by atoms with Crippen molar-refractivity contribution in [3.8, 4) is 22.6 Å². The van der Waals surface area contributed by atoms with Gasteiger partial charge >= 0.3 is 0 Å². The van der Waals surface area contributed by atoms with Crippen LogP contribution in [0.4, 0.5) is 5.69 Å². The molecular weight excluding hydrogens is 560 g/mol. The van der Waals surface area contributed by atoms with Crippen LogP contribution in [0.25, 0.3) is 11.1 Å². The van der Waals surface area contributed by atoms with Gasteiger partial charge in [0, 0.05) is 22.7 Å². The lowest BCUT2D eigenvalue weighted by molar-refractivity contribution is 0.0780. The molecule has 3 N–H and O–H groups in total. The summed E-state index contributed by atoms with van der Waals surface area (Å²) in [4.78, 5) is 5.18. The highest BCUT2D eigenvalue weighted by molar-refractivity contribution is 7.73. The number of hydrogen-bond acceptors (Lipinski definition) is 6. The van der Waals surface area contributed by atoms with Crippen LogP contribution in [0.15, 0.2) is 30.3 Å². The number of rotatable bonds is 8. The largest absolute Gasteiger partial charge is 0.456 e. The van der Waals surface area contributed by atoms with E-state index in [1.165, 1.54) is 6.42 Å². The predicted molar refractivity (Wildman–Crippen MR) is 173 cm³/mol. The first-order valence-corrected chi connectivity index (χ1v) is 16.8. The highest BCUT2D eigenvalue weighted by Crippen LogP contribution is 2.48. The zero-order chi connectivity index (χ0) is 31.1. The van der Waals surface area contributed by atoms with Crippen LogP contribution in [-0.2, 0) is 34.9 Å². The van der Waals surface area contributed by atoms with Gasteiger partial charge < -0.3 is 14.9 Å². The topological polar surface area (TPSA) is 109 Å². The van der Waals surface area contributed by atoms with E-state index in [9.17, 15) is 18.6 Å². The van der Waals surface area contributed by atoms with Crippen LogP contribution in [0.5, 0.6) is 11.5 Å². The number of nitrogens with one attached hydrogen (secondary N) is 1. The minimum atomic E-state index is -2.95. The van der Waals surface area contributed by atoms with E-state index in [0.717, 1.165) is 96.1 Å². The maximum atomic E-state index is 12.4. The summed E-state index contributed by atoms with van der Waals surface area (Å²) >= 11 is 0. The molecule has 0 atom stereocenters. The van der Waals surface area contributed by atoms with Crippen LogP contribution >= 0.6 is 0 Å². The van der Waals surface area contributed by atoms with Crippen LogP contribution in [0.1, 0.15) is 118 Å². The fourth-order valence-electron chi connectivity index (χ4n) is 6.70. The number of nitrogens with zero attached hydrogens (tertiary/aromatic N) is 1. The second-order valence-corrected chi connectivity index (χ2v) is 14.2. The number of anilines is 1.